The molecule has 0 fully saturated rings. The van der Waals surface area contributed by atoms with Gasteiger partial charge in [-0.05, 0) is 70.7 Å². The maximum atomic E-state index is 12.8. The molecular formula is C37H58N4O8S. The van der Waals surface area contributed by atoms with Gasteiger partial charge in [-0.3, -0.25) is 19.1 Å². The van der Waals surface area contributed by atoms with Gasteiger partial charge in [0.1, 0.15) is 11.4 Å². The van der Waals surface area contributed by atoms with Crippen molar-refractivity contribution in [3.05, 3.63) is 42.5 Å². The van der Waals surface area contributed by atoms with Crippen LogP contribution in [0.2, 0.25) is 0 Å². The van der Waals surface area contributed by atoms with Crippen LogP contribution in [0, 0.1) is 0 Å². The summed E-state index contributed by atoms with van der Waals surface area (Å²) in [5, 5.41) is 11.3. The molecule has 0 bridgehead atoms. The van der Waals surface area contributed by atoms with E-state index in [1.807, 2.05) is 20.8 Å². The number of amides is 1. The molecule has 1 amide bonds. The molecule has 2 rings (SSSR count). The van der Waals surface area contributed by atoms with Gasteiger partial charge in [0.15, 0.2) is 0 Å². The maximum absolute atomic E-state index is 12.8. The molecule has 0 atom stereocenters. The Morgan fingerprint density at radius 3 is 1.76 bits per heavy atom. The Morgan fingerprint density at radius 2 is 1.22 bits per heavy atom. The van der Waals surface area contributed by atoms with E-state index in [-0.39, 0.29) is 28.8 Å². The maximum Gasteiger partial charge on any atom is 0.306 e. The van der Waals surface area contributed by atoms with E-state index >= 15 is 0 Å². The Morgan fingerprint density at radius 1 is 0.720 bits per heavy atom. The highest BCUT2D eigenvalue weighted by Gasteiger charge is 2.17. The van der Waals surface area contributed by atoms with Crippen LogP contribution in [0.1, 0.15) is 147 Å². The number of nitrogens with one attached hydrogen (secondary N) is 2. The van der Waals surface area contributed by atoms with Crippen molar-refractivity contribution in [2.45, 2.75) is 147 Å². The van der Waals surface area contributed by atoms with Crippen molar-refractivity contribution in [1.29, 1.82) is 0 Å². The Bertz CT molecular complexity index is 1380. The lowest BCUT2D eigenvalue weighted by atomic mass is 10.0. The van der Waals surface area contributed by atoms with Crippen molar-refractivity contribution in [1.82, 2.24) is 15.3 Å². The number of ether oxygens (including phenoxy) is 2. The third-order valence-electron chi connectivity index (χ3n) is 7.81. The number of hydrogen-bond donors (Lipinski definition) is 3. The molecular weight excluding hydrogens is 660 g/mol. The Labute approximate surface area is 298 Å². The van der Waals surface area contributed by atoms with Gasteiger partial charge in [-0.1, -0.05) is 77.0 Å². The van der Waals surface area contributed by atoms with Crippen LogP contribution in [-0.2, 0) is 24.3 Å². The van der Waals surface area contributed by atoms with E-state index in [0.717, 1.165) is 25.7 Å². The lowest BCUT2D eigenvalue weighted by molar-refractivity contribution is -0.155. The first-order valence-electron chi connectivity index (χ1n) is 18.2. The van der Waals surface area contributed by atoms with E-state index < -0.39 is 27.5 Å². The van der Waals surface area contributed by atoms with Crippen molar-refractivity contribution in [3.63, 3.8) is 0 Å². The molecule has 12 nitrogen and oxygen atoms in total. The van der Waals surface area contributed by atoms with Crippen LogP contribution in [0.25, 0.3) is 0 Å². The molecule has 0 unspecified atom stereocenters. The van der Waals surface area contributed by atoms with Gasteiger partial charge < -0.3 is 19.9 Å². The molecule has 2 aromatic rings. The number of hydrogen-bond acceptors (Lipinski definition) is 9. The van der Waals surface area contributed by atoms with E-state index in [4.69, 9.17) is 14.6 Å². The SMILES string of the molecule is CC(C)(C)OC(=O)CCCCCCCCCCCCCCCOc1ccc(S(=O)(=O)Nc2cnc(C(=O)NCCCCCC(=O)O)nc2)cc1. The van der Waals surface area contributed by atoms with Crippen molar-refractivity contribution in [3.8, 4) is 5.75 Å². The second-order valence-corrected chi connectivity index (χ2v) is 15.3. The van der Waals surface area contributed by atoms with Crippen LogP contribution in [0.15, 0.2) is 41.6 Å². The minimum atomic E-state index is -3.89. The number of sulfonamides is 1. The number of carboxylic acid groups (broad SMARTS) is 1. The van der Waals surface area contributed by atoms with Gasteiger partial charge in [0.25, 0.3) is 15.9 Å². The van der Waals surface area contributed by atoms with E-state index in [0.29, 0.717) is 44.6 Å². The lowest BCUT2D eigenvalue weighted by Crippen LogP contribution is -2.26. The molecule has 1 aromatic carbocycles. The summed E-state index contributed by atoms with van der Waals surface area (Å²) in [5.41, 5.74) is -0.275. The predicted octanol–water partition coefficient (Wildman–Crippen LogP) is 7.83. The van der Waals surface area contributed by atoms with Crippen LogP contribution in [0.3, 0.4) is 0 Å². The van der Waals surface area contributed by atoms with Gasteiger partial charge in [-0.2, -0.15) is 0 Å². The minimum Gasteiger partial charge on any atom is -0.494 e. The van der Waals surface area contributed by atoms with Gasteiger partial charge >= 0.3 is 11.9 Å². The zero-order valence-electron chi connectivity index (χ0n) is 30.2. The average Bonchev–Trinajstić information content (AvgIpc) is 3.05. The summed E-state index contributed by atoms with van der Waals surface area (Å²) in [6.07, 6.45) is 20.1. The molecule has 0 saturated carbocycles. The highest BCUT2D eigenvalue weighted by atomic mass is 32.2. The van der Waals surface area contributed by atoms with Gasteiger partial charge in [-0.15, -0.1) is 0 Å². The molecule has 50 heavy (non-hydrogen) atoms. The number of nitrogens with zero attached hydrogens (tertiary/aromatic N) is 2. The molecule has 1 heterocycles. The number of carbonyl (C=O) groups excluding carboxylic acids is 2. The number of rotatable bonds is 27. The fourth-order valence-corrected chi connectivity index (χ4v) is 6.21. The summed E-state index contributed by atoms with van der Waals surface area (Å²) in [6, 6.07) is 6.21. The van der Waals surface area contributed by atoms with Crippen molar-refractivity contribution in [2.75, 3.05) is 17.9 Å². The largest absolute Gasteiger partial charge is 0.494 e. The first-order chi connectivity index (χ1) is 23.9. The lowest BCUT2D eigenvalue weighted by Gasteiger charge is -2.19. The number of aliphatic carboxylic acids is 1. The predicted molar refractivity (Wildman–Crippen MR) is 194 cm³/mol. The first-order valence-corrected chi connectivity index (χ1v) is 19.6. The summed E-state index contributed by atoms with van der Waals surface area (Å²) in [7, 11) is -3.89. The number of esters is 1. The van der Waals surface area contributed by atoms with E-state index in [1.165, 1.54) is 82.3 Å². The number of anilines is 1. The summed E-state index contributed by atoms with van der Waals surface area (Å²) >= 11 is 0. The Hall–Kier alpha value is -3.74. The quantitative estimate of drug-likeness (QED) is 0.0610. The fourth-order valence-electron chi connectivity index (χ4n) is 5.18. The molecule has 13 heteroatoms. The molecule has 0 radical (unpaired) electrons. The van der Waals surface area contributed by atoms with Gasteiger partial charge in [0.05, 0.1) is 29.6 Å². The number of aromatic nitrogens is 2. The standard InChI is InChI=1S/C37H58N4O8S/c1-37(2,3)49-34(44)21-17-13-11-9-7-5-4-6-8-10-12-14-19-27-48-31-22-24-32(25-23-31)50(46,47)41-30-28-39-35(40-29-30)36(45)38-26-18-15-16-20-33(42)43/h22-25,28-29,41H,4-21,26-27H2,1-3H3,(H,38,45)(H,42,43). The third kappa shape index (κ3) is 20.1. The second-order valence-electron chi connectivity index (χ2n) is 13.6. The third-order valence-corrected chi connectivity index (χ3v) is 9.21. The second kappa shape index (κ2) is 23.6. The summed E-state index contributed by atoms with van der Waals surface area (Å²) in [6.45, 7) is 6.64. The summed E-state index contributed by atoms with van der Waals surface area (Å²) in [4.78, 5) is 42.4. The number of carboxylic acids is 1. The van der Waals surface area contributed by atoms with Crippen LogP contribution < -0.4 is 14.8 Å². The van der Waals surface area contributed by atoms with E-state index in [9.17, 15) is 22.8 Å². The zero-order chi connectivity index (χ0) is 36.7. The molecule has 0 aliphatic rings. The van der Waals surface area contributed by atoms with Crippen LogP contribution in [-0.4, -0.2) is 60.1 Å². The Kier molecular flexibility index (Phi) is 20.0. The molecule has 280 valence electrons. The monoisotopic (exact) mass is 718 g/mol. The summed E-state index contributed by atoms with van der Waals surface area (Å²) in [5.74, 6) is -0.919. The summed E-state index contributed by atoms with van der Waals surface area (Å²) < 4.78 is 39.2. The van der Waals surface area contributed by atoms with Gasteiger partial charge in [-0.25, -0.2) is 18.4 Å². The van der Waals surface area contributed by atoms with Gasteiger partial charge in [0.2, 0.25) is 5.82 Å². The fraction of sp³-hybridized carbons (Fsp3) is 0.649. The van der Waals surface area contributed by atoms with Crippen molar-refractivity contribution < 1.29 is 37.4 Å². The molecule has 0 saturated heterocycles. The van der Waals surface area contributed by atoms with Crippen LogP contribution >= 0.6 is 0 Å². The van der Waals surface area contributed by atoms with Crippen molar-refractivity contribution >= 4 is 33.6 Å². The number of unbranched alkanes of at least 4 members (excludes halogenated alkanes) is 14. The Balaban J connectivity index is 1.50. The normalized spacial score (nSPS) is 11.6. The zero-order valence-corrected chi connectivity index (χ0v) is 31.0. The first kappa shape index (κ1) is 42.4. The molecule has 0 aliphatic carbocycles. The molecule has 0 aliphatic heterocycles. The number of benzene rings is 1. The topological polar surface area (TPSA) is 174 Å². The highest BCUT2D eigenvalue weighted by Crippen LogP contribution is 2.20. The van der Waals surface area contributed by atoms with E-state index in [1.54, 1.807) is 12.1 Å². The molecule has 1 aromatic heterocycles. The van der Waals surface area contributed by atoms with Crippen LogP contribution in [0.4, 0.5) is 5.69 Å². The van der Waals surface area contributed by atoms with E-state index in [2.05, 4.69) is 20.0 Å². The highest BCUT2D eigenvalue weighted by molar-refractivity contribution is 7.92. The smallest absolute Gasteiger partial charge is 0.306 e. The van der Waals surface area contributed by atoms with Crippen LogP contribution in [0.5, 0.6) is 5.75 Å². The molecule has 0 spiro atoms. The van der Waals surface area contributed by atoms with Gasteiger partial charge in [0, 0.05) is 19.4 Å². The average molecular weight is 719 g/mol. The molecule has 3 N–H and O–H groups in total. The number of carbonyl (C=O) groups is 3. The minimum absolute atomic E-state index is 0.0601. The van der Waals surface area contributed by atoms with Crippen molar-refractivity contribution in [2.24, 2.45) is 0 Å².